The van der Waals surface area contributed by atoms with Gasteiger partial charge in [-0.25, -0.2) is 0 Å². The maximum atomic E-state index is 2.38. The van der Waals surface area contributed by atoms with E-state index in [1.54, 1.807) is 0 Å². The summed E-state index contributed by atoms with van der Waals surface area (Å²) in [5.74, 6) is 0. The van der Waals surface area contributed by atoms with Crippen molar-refractivity contribution in [3.05, 3.63) is 12.2 Å². The predicted molar refractivity (Wildman–Crippen MR) is 50.0 cm³/mol. The second kappa shape index (κ2) is 1.74. The van der Waals surface area contributed by atoms with Crippen LogP contribution in [-0.2, 0) is 0 Å². The average molecular weight is 236 g/mol. The largest absolute Gasteiger partial charge is 0.107 e. The van der Waals surface area contributed by atoms with E-state index < -0.39 is 0 Å². The van der Waals surface area contributed by atoms with E-state index in [-0.39, 0.29) is 24.0 Å². The standard InChI is InChI=1S/C8H12.HI/c1-7-3-4-8(2,5-7)6-7;/h3-4H,5-6H2,1-2H3;1H. The third-order valence-electron chi connectivity index (χ3n) is 2.50. The van der Waals surface area contributed by atoms with Crippen LogP contribution in [-0.4, -0.2) is 0 Å². The Bertz CT molecular complexity index is 136. The molecule has 0 aliphatic heterocycles. The summed E-state index contributed by atoms with van der Waals surface area (Å²) in [7, 11) is 0. The quantitative estimate of drug-likeness (QED) is 0.448. The van der Waals surface area contributed by atoms with Crippen LogP contribution < -0.4 is 0 Å². The molecule has 0 atom stereocenters. The van der Waals surface area contributed by atoms with Crippen LogP contribution in [0.4, 0.5) is 0 Å². The highest BCUT2D eigenvalue weighted by Crippen LogP contribution is 2.61. The van der Waals surface area contributed by atoms with E-state index in [4.69, 9.17) is 0 Å². The van der Waals surface area contributed by atoms with Gasteiger partial charge in [-0.15, -0.1) is 24.0 Å². The fourth-order valence-corrected chi connectivity index (χ4v) is 2.43. The molecule has 3 aliphatic rings. The van der Waals surface area contributed by atoms with E-state index >= 15 is 0 Å². The number of halogens is 1. The number of hydrogen-bond acceptors (Lipinski definition) is 0. The first-order chi connectivity index (χ1) is 3.62. The number of hydrogen-bond donors (Lipinski definition) is 0. The molecule has 0 spiro atoms. The number of rotatable bonds is 0. The SMILES string of the molecule is CC12C=CC(C)(C1)C2.I. The minimum absolute atomic E-state index is 0. The average Bonchev–Trinajstić information content (AvgIpc) is 1.88. The first kappa shape index (κ1) is 7.58. The molecule has 0 unspecified atom stereocenters. The summed E-state index contributed by atoms with van der Waals surface area (Å²) in [6, 6.07) is 0. The fraction of sp³-hybridized carbons (Fsp3) is 0.750. The Morgan fingerprint density at radius 3 is 1.44 bits per heavy atom. The van der Waals surface area contributed by atoms with Gasteiger partial charge < -0.3 is 0 Å². The topological polar surface area (TPSA) is 0 Å². The maximum absolute atomic E-state index is 2.38. The summed E-state index contributed by atoms with van der Waals surface area (Å²) in [6.45, 7) is 4.69. The van der Waals surface area contributed by atoms with Crippen molar-refractivity contribution < 1.29 is 0 Å². The van der Waals surface area contributed by atoms with Gasteiger partial charge >= 0.3 is 0 Å². The Labute approximate surface area is 73.7 Å². The molecule has 0 aromatic carbocycles. The van der Waals surface area contributed by atoms with Crippen LogP contribution in [0.1, 0.15) is 26.7 Å². The van der Waals surface area contributed by atoms with E-state index in [2.05, 4.69) is 26.0 Å². The second-order valence-electron chi connectivity index (χ2n) is 3.99. The molecule has 1 heteroatoms. The fourth-order valence-electron chi connectivity index (χ4n) is 2.43. The summed E-state index contributed by atoms with van der Waals surface area (Å²) < 4.78 is 0. The van der Waals surface area contributed by atoms with Gasteiger partial charge in [-0.1, -0.05) is 26.0 Å². The first-order valence-corrected chi connectivity index (χ1v) is 3.32. The molecule has 0 aromatic rings. The lowest BCUT2D eigenvalue weighted by Crippen LogP contribution is -2.33. The lowest BCUT2D eigenvalue weighted by molar-refractivity contribution is 0.107. The van der Waals surface area contributed by atoms with E-state index in [1.165, 1.54) is 12.8 Å². The van der Waals surface area contributed by atoms with Crippen LogP contribution in [0, 0.1) is 10.8 Å². The Hall–Kier alpha value is 0.470. The molecular weight excluding hydrogens is 223 g/mol. The third kappa shape index (κ3) is 0.935. The highest BCUT2D eigenvalue weighted by molar-refractivity contribution is 14.0. The molecule has 9 heavy (non-hydrogen) atoms. The van der Waals surface area contributed by atoms with E-state index in [0.717, 1.165) is 0 Å². The van der Waals surface area contributed by atoms with Crippen LogP contribution in [0.3, 0.4) is 0 Å². The first-order valence-electron chi connectivity index (χ1n) is 3.32. The molecule has 1 saturated carbocycles. The molecule has 0 aromatic heterocycles. The van der Waals surface area contributed by atoms with Crippen molar-refractivity contribution in [1.29, 1.82) is 0 Å². The molecule has 0 N–H and O–H groups in total. The molecule has 0 saturated heterocycles. The lowest BCUT2D eigenvalue weighted by Gasteiger charge is -2.43. The molecular formula is C8H13I. The summed E-state index contributed by atoms with van der Waals surface area (Å²) in [5.41, 5.74) is 1.24. The second-order valence-corrected chi connectivity index (χ2v) is 3.99. The van der Waals surface area contributed by atoms with Gasteiger partial charge in [0.25, 0.3) is 0 Å². The van der Waals surface area contributed by atoms with Crippen LogP contribution in [0.15, 0.2) is 12.2 Å². The van der Waals surface area contributed by atoms with Crippen molar-refractivity contribution in [3.8, 4) is 0 Å². The molecule has 3 aliphatic carbocycles. The van der Waals surface area contributed by atoms with Crippen LogP contribution >= 0.6 is 24.0 Å². The van der Waals surface area contributed by atoms with Gasteiger partial charge in [0.1, 0.15) is 0 Å². The van der Waals surface area contributed by atoms with Gasteiger partial charge in [0.15, 0.2) is 0 Å². The van der Waals surface area contributed by atoms with Gasteiger partial charge in [-0.05, 0) is 23.7 Å². The Kier molecular flexibility index (Phi) is 1.47. The highest BCUT2D eigenvalue weighted by atomic mass is 127. The molecule has 3 rings (SSSR count). The van der Waals surface area contributed by atoms with Gasteiger partial charge in [0, 0.05) is 0 Å². The zero-order chi connectivity index (χ0) is 5.83. The van der Waals surface area contributed by atoms with Crippen molar-refractivity contribution in [1.82, 2.24) is 0 Å². The van der Waals surface area contributed by atoms with E-state index in [0.29, 0.717) is 10.8 Å². The molecule has 0 heterocycles. The highest BCUT2D eigenvalue weighted by Gasteiger charge is 2.50. The van der Waals surface area contributed by atoms with Crippen molar-refractivity contribution in [2.75, 3.05) is 0 Å². The van der Waals surface area contributed by atoms with Gasteiger partial charge in [0.2, 0.25) is 0 Å². The van der Waals surface area contributed by atoms with Crippen LogP contribution in [0.25, 0.3) is 0 Å². The maximum Gasteiger partial charge on any atom is -0.0130 e. The monoisotopic (exact) mass is 236 g/mol. The third-order valence-corrected chi connectivity index (χ3v) is 2.50. The predicted octanol–water partition coefficient (Wildman–Crippen LogP) is 2.98. The van der Waals surface area contributed by atoms with Crippen molar-refractivity contribution in [2.24, 2.45) is 10.8 Å². The Morgan fingerprint density at radius 2 is 1.33 bits per heavy atom. The zero-order valence-electron chi connectivity index (χ0n) is 5.98. The van der Waals surface area contributed by atoms with Crippen molar-refractivity contribution >= 4 is 24.0 Å². The molecule has 0 amide bonds. The van der Waals surface area contributed by atoms with Crippen molar-refractivity contribution in [3.63, 3.8) is 0 Å². The van der Waals surface area contributed by atoms with Crippen molar-refractivity contribution in [2.45, 2.75) is 26.7 Å². The van der Waals surface area contributed by atoms with E-state index in [1.807, 2.05) is 0 Å². The smallest absolute Gasteiger partial charge is 0.0130 e. The van der Waals surface area contributed by atoms with Gasteiger partial charge in [0.05, 0.1) is 0 Å². The molecule has 52 valence electrons. The Morgan fingerprint density at radius 1 is 1.00 bits per heavy atom. The molecule has 2 bridgehead atoms. The molecule has 1 fully saturated rings. The Balaban J connectivity index is 0.000000405. The van der Waals surface area contributed by atoms with E-state index in [9.17, 15) is 0 Å². The normalized spacial score (nSPS) is 52.2. The molecule has 0 nitrogen and oxygen atoms in total. The minimum Gasteiger partial charge on any atom is -0.107 e. The van der Waals surface area contributed by atoms with Gasteiger partial charge in [-0.2, -0.15) is 0 Å². The number of allylic oxidation sites excluding steroid dienone is 2. The summed E-state index contributed by atoms with van der Waals surface area (Å²) >= 11 is 0. The molecule has 0 radical (unpaired) electrons. The summed E-state index contributed by atoms with van der Waals surface area (Å²) in [4.78, 5) is 0. The lowest BCUT2D eigenvalue weighted by atomic mass is 9.61. The zero-order valence-corrected chi connectivity index (χ0v) is 8.31. The van der Waals surface area contributed by atoms with Gasteiger partial charge in [-0.3, -0.25) is 0 Å². The van der Waals surface area contributed by atoms with Crippen LogP contribution in [0.5, 0.6) is 0 Å². The summed E-state index contributed by atoms with van der Waals surface area (Å²) in [6.07, 6.45) is 7.57. The van der Waals surface area contributed by atoms with Crippen LogP contribution in [0.2, 0.25) is 0 Å². The summed E-state index contributed by atoms with van der Waals surface area (Å²) in [5, 5.41) is 0. The minimum atomic E-state index is 0.